The summed E-state index contributed by atoms with van der Waals surface area (Å²) in [6.45, 7) is 18.9. The monoisotopic (exact) mass is 619 g/mol. The second kappa shape index (κ2) is 8.86. The highest BCUT2D eigenvalue weighted by Crippen LogP contribution is 2.55. The van der Waals surface area contributed by atoms with E-state index in [9.17, 15) is 0 Å². The van der Waals surface area contributed by atoms with E-state index in [2.05, 4.69) is 165 Å². The molecule has 0 bridgehead atoms. The lowest BCUT2D eigenvalue weighted by atomic mass is 9.82. The second-order valence-electron chi connectivity index (χ2n) is 15.7. The lowest BCUT2D eigenvalue weighted by Gasteiger charge is -2.24. The summed E-state index contributed by atoms with van der Waals surface area (Å²) in [5.74, 6) is 1.21. The van der Waals surface area contributed by atoms with Crippen LogP contribution in [0.5, 0.6) is 0 Å². The van der Waals surface area contributed by atoms with Gasteiger partial charge in [-0.15, -0.1) is 4.57 Å². The minimum Gasteiger partial charge on any atom is -0.455 e. The van der Waals surface area contributed by atoms with Gasteiger partial charge in [0.25, 0.3) is 0 Å². The first kappa shape index (κ1) is 27.8. The lowest BCUT2D eigenvalue weighted by Crippen LogP contribution is -2.61. The predicted molar refractivity (Wildman–Crippen MR) is 191 cm³/mol. The predicted octanol–water partition coefficient (Wildman–Crippen LogP) is 8.80. The molecule has 2 aliphatic rings. The van der Waals surface area contributed by atoms with Crippen molar-refractivity contribution in [2.45, 2.75) is 71.4 Å². The zero-order valence-electron chi connectivity index (χ0n) is 28.1. The van der Waals surface area contributed by atoms with Crippen LogP contribution in [0, 0.1) is 0 Å². The average molecular weight is 620 g/mol. The molecule has 1 unspecified atom stereocenters. The molecule has 46 heavy (non-hydrogen) atoms. The number of furan rings is 1. The van der Waals surface area contributed by atoms with Gasteiger partial charge in [0.1, 0.15) is 11.1 Å². The smallest absolute Gasteiger partial charge is 0.364 e. The van der Waals surface area contributed by atoms with E-state index < -0.39 is 13.7 Å². The molecule has 1 atom stereocenters. The molecule has 0 radical (unpaired) electrons. The quantitative estimate of drug-likeness (QED) is 0.140. The van der Waals surface area contributed by atoms with E-state index in [4.69, 9.17) is 4.42 Å². The molecule has 4 aromatic carbocycles. The normalized spacial score (nSPS) is 17.0. The number of hydrogen-bond donors (Lipinski definition) is 0. The van der Waals surface area contributed by atoms with Crippen LogP contribution in [-0.2, 0) is 11.1 Å². The molecule has 9 rings (SSSR count). The Bertz CT molecular complexity index is 2370. The van der Waals surface area contributed by atoms with Crippen LogP contribution in [-0.4, -0.2) is 12.6 Å². The van der Waals surface area contributed by atoms with Crippen LogP contribution in [0.4, 0.5) is 0 Å². The fourth-order valence-electron chi connectivity index (χ4n) is 8.28. The van der Waals surface area contributed by atoms with Gasteiger partial charge in [-0.2, -0.15) is 4.57 Å². The molecule has 0 aliphatic carbocycles. The van der Waals surface area contributed by atoms with Gasteiger partial charge in [0.2, 0.25) is 5.69 Å². The fraction of sp³-hybridized carbons (Fsp3) is 0.268. The van der Waals surface area contributed by atoms with Gasteiger partial charge in [-0.3, -0.25) is 0 Å². The lowest BCUT2D eigenvalue weighted by molar-refractivity contribution is -0.734. The SMILES string of the molecule is CC(C)[n+]1c2n(c3ccccc31)C1(c3cc(C(C)(C)C)ccc3-c3ccc([Si](C)(C)C)c[n+]31)c1ccc3c(oc4ccccc43)c1-2. The zero-order chi connectivity index (χ0) is 31.9. The molecule has 3 aromatic heterocycles. The number of fused-ring (bicyclic) bond motifs is 16. The van der Waals surface area contributed by atoms with Crippen molar-refractivity contribution in [3.8, 4) is 22.6 Å². The Morgan fingerprint density at radius 2 is 1.57 bits per heavy atom. The van der Waals surface area contributed by atoms with Crippen LogP contribution in [0.3, 0.4) is 0 Å². The van der Waals surface area contributed by atoms with Crippen molar-refractivity contribution in [2.24, 2.45) is 0 Å². The Morgan fingerprint density at radius 1 is 0.804 bits per heavy atom. The number of nitrogens with zero attached hydrogens (tertiary/aromatic N) is 3. The topological polar surface area (TPSA) is 25.8 Å². The van der Waals surface area contributed by atoms with Crippen molar-refractivity contribution in [3.63, 3.8) is 0 Å². The van der Waals surface area contributed by atoms with Crippen LogP contribution < -0.4 is 14.3 Å². The van der Waals surface area contributed by atoms with Gasteiger partial charge in [-0.05, 0) is 67.3 Å². The molecule has 7 aromatic rings. The van der Waals surface area contributed by atoms with Crippen molar-refractivity contribution in [2.75, 3.05) is 0 Å². The third-order valence-electron chi connectivity index (χ3n) is 10.5. The van der Waals surface area contributed by atoms with E-state index in [1.165, 1.54) is 60.9 Å². The van der Waals surface area contributed by atoms with Gasteiger partial charge < -0.3 is 4.42 Å². The molecule has 0 N–H and O–H groups in total. The number of imidazole rings is 1. The molecule has 5 heterocycles. The molecular weight excluding hydrogens is 579 g/mol. The third-order valence-corrected chi connectivity index (χ3v) is 12.5. The summed E-state index contributed by atoms with van der Waals surface area (Å²) in [7, 11) is -1.66. The minimum absolute atomic E-state index is 0.00268. The molecular formula is C41H41N3OSi+2. The van der Waals surface area contributed by atoms with Crippen LogP contribution in [0.15, 0.2) is 102 Å². The third kappa shape index (κ3) is 3.34. The number of pyridine rings is 1. The summed E-state index contributed by atoms with van der Waals surface area (Å²) in [5, 5.41) is 3.78. The molecule has 0 saturated carbocycles. The average Bonchev–Trinajstić information content (AvgIpc) is 3.72. The Hall–Kier alpha value is -4.48. The summed E-state index contributed by atoms with van der Waals surface area (Å²) in [6.07, 6.45) is 2.49. The van der Waals surface area contributed by atoms with Crippen LogP contribution >= 0.6 is 0 Å². The Balaban J connectivity index is 1.56. The Kier molecular flexibility index (Phi) is 5.35. The van der Waals surface area contributed by atoms with Crippen molar-refractivity contribution in [1.82, 2.24) is 4.57 Å². The van der Waals surface area contributed by atoms with Gasteiger partial charge in [-0.1, -0.05) is 82.9 Å². The Labute approximate surface area is 271 Å². The van der Waals surface area contributed by atoms with Crippen molar-refractivity contribution in [1.29, 1.82) is 0 Å². The van der Waals surface area contributed by atoms with E-state index in [1.54, 1.807) is 0 Å². The van der Waals surface area contributed by atoms with E-state index in [0.29, 0.717) is 0 Å². The fourth-order valence-corrected chi connectivity index (χ4v) is 9.38. The maximum atomic E-state index is 6.89. The molecule has 5 heteroatoms. The minimum atomic E-state index is -1.66. The molecule has 2 aliphatic heterocycles. The maximum Gasteiger partial charge on any atom is 0.364 e. The first-order valence-corrected chi connectivity index (χ1v) is 20.1. The second-order valence-corrected chi connectivity index (χ2v) is 20.8. The standard InChI is InChI=1S/C41H41N3OSi/c1-25(2)43-34-14-10-11-15-35(34)44-39(43)37-31(21-20-29-28-13-9-12-16-36(28)45-38(29)37)41(44)32-23-26(40(3,4)5)17-19-30(32)33-22-18-27(24-42(33)41)46(6,7)8/h9-25H,1-8H3/q+2. The van der Waals surface area contributed by atoms with Gasteiger partial charge in [0, 0.05) is 22.0 Å². The maximum absolute atomic E-state index is 6.89. The van der Waals surface area contributed by atoms with Crippen LogP contribution in [0.25, 0.3) is 55.6 Å². The summed E-state index contributed by atoms with van der Waals surface area (Å²) in [6, 6.07) is 34.4. The molecule has 228 valence electrons. The van der Waals surface area contributed by atoms with Gasteiger partial charge >= 0.3 is 11.5 Å². The molecule has 0 saturated heterocycles. The highest BCUT2D eigenvalue weighted by atomic mass is 28.3. The molecule has 0 amide bonds. The number of benzene rings is 4. The highest BCUT2D eigenvalue weighted by molar-refractivity contribution is 6.88. The number of rotatable bonds is 2. The van der Waals surface area contributed by atoms with E-state index >= 15 is 0 Å². The zero-order valence-corrected chi connectivity index (χ0v) is 29.1. The van der Waals surface area contributed by atoms with E-state index in [1.807, 2.05) is 0 Å². The van der Waals surface area contributed by atoms with Crippen molar-refractivity contribution >= 4 is 46.2 Å². The van der Waals surface area contributed by atoms with Crippen LogP contribution in [0.2, 0.25) is 19.6 Å². The summed E-state index contributed by atoms with van der Waals surface area (Å²) in [5.41, 5.74) is 11.5. The number of hydrogen-bond acceptors (Lipinski definition) is 1. The summed E-state index contributed by atoms with van der Waals surface area (Å²) in [4.78, 5) is 0. The highest BCUT2D eigenvalue weighted by Gasteiger charge is 2.67. The van der Waals surface area contributed by atoms with E-state index in [0.717, 1.165) is 16.6 Å². The van der Waals surface area contributed by atoms with Gasteiger partial charge in [0.05, 0.1) is 30.8 Å². The number of para-hydroxylation sites is 3. The summed E-state index contributed by atoms with van der Waals surface area (Å²) < 4.78 is 14.7. The first-order chi connectivity index (χ1) is 21.9. The van der Waals surface area contributed by atoms with Gasteiger partial charge in [0.15, 0.2) is 22.8 Å². The molecule has 1 spiro atoms. The van der Waals surface area contributed by atoms with Gasteiger partial charge in [-0.25, -0.2) is 4.57 Å². The first-order valence-electron chi connectivity index (χ1n) is 16.6. The molecule has 0 fully saturated rings. The van der Waals surface area contributed by atoms with Crippen molar-refractivity contribution < 1.29 is 13.6 Å². The number of aromatic nitrogens is 3. The van der Waals surface area contributed by atoms with E-state index in [-0.39, 0.29) is 11.5 Å². The van der Waals surface area contributed by atoms with Crippen LogP contribution in [0.1, 0.15) is 57.4 Å². The summed E-state index contributed by atoms with van der Waals surface area (Å²) >= 11 is 0. The largest absolute Gasteiger partial charge is 0.455 e. The Morgan fingerprint density at radius 3 is 2.33 bits per heavy atom. The molecule has 4 nitrogen and oxygen atoms in total. The van der Waals surface area contributed by atoms with Crippen molar-refractivity contribution in [3.05, 3.63) is 114 Å².